The van der Waals surface area contributed by atoms with Crippen molar-refractivity contribution < 1.29 is 0 Å². The number of halogens is 2. The van der Waals surface area contributed by atoms with E-state index in [4.69, 9.17) is 11.6 Å². The van der Waals surface area contributed by atoms with Gasteiger partial charge in [0.15, 0.2) is 0 Å². The minimum Gasteiger partial charge on any atom is -0.310 e. The first-order valence-electron chi connectivity index (χ1n) is 6.69. The van der Waals surface area contributed by atoms with Gasteiger partial charge in [0.25, 0.3) is 0 Å². The average Bonchev–Trinajstić information content (AvgIpc) is 2.79. The topological polar surface area (TPSA) is 24.9 Å². The Kier molecular flexibility index (Phi) is 6.02. The van der Waals surface area contributed by atoms with Crippen molar-refractivity contribution in [1.82, 2.24) is 10.3 Å². The average molecular weight is 374 g/mol. The molecule has 108 valence electrons. The van der Waals surface area contributed by atoms with Crippen LogP contribution in [0.5, 0.6) is 0 Å². The molecule has 0 amide bonds. The van der Waals surface area contributed by atoms with E-state index in [1.807, 2.05) is 19.1 Å². The predicted molar refractivity (Wildman–Crippen MR) is 90.7 cm³/mol. The third-order valence-corrected chi connectivity index (χ3v) is 4.51. The fraction of sp³-hybridized carbons (Fsp3) is 0.400. The van der Waals surface area contributed by atoms with E-state index in [0.717, 1.165) is 39.6 Å². The van der Waals surface area contributed by atoms with Gasteiger partial charge in [-0.3, -0.25) is 0 Å². The monoisotopic (exact) mass is 372 g/mol. The van der Waals surface area contributed by atoms with Crippen molar-refractivity contribution in [3.8, 4) is 0 Å². The minimum atomic E-state index is 0.242. The second-order valence-corrected chi connectivity index (χ2v) is 7.19. The summed E-state index contributed by atoms with van der Waals surface area (Å²) in [5.74, 6) is 0. The van der Waals surface area contributed by atoms with Gasteiger partial charge in [-0.25, -0.2) is 4.98 Å². The van der Waals surface area contributed by atoms with Crippen LogP contribution >= 0.6 is 38.9 Å². The molecule has 0 aliphatic rings. The molecule has 2 rings (SSSR count). The first-order chi connectivity index (χ1) is 9.58. The molecule has 1 aromatic carbocycles. The number of aryl methyl sites for hydroxylation is 1. The van der Waals surface area contributed by atoms with Gasteiger partial charge in [0.05, 0.1) is 10.7 Å². The fourth-order valence-corrected chi connectivity index (χ4v) is 3.63. The molecule has 0 saturated carbocycles. The molecule has 0 aliphatic heterocycles. The van der Waals surface area contributed by atoms with Gasteiger partial charge in [-0.05, 0) is 43.7 Å². The second kappa shape index (κ2) is 7.55. The molecule has 1 atom stereocenters. The summed E-state index contributed by atoms with van der Waals surface area (Å²) in [6.07, 6.45) is 1.99. The highest BCUT2D eigenvalue weighted by molar-refractivity contribution is 9.10. The highest BCUT2D eigenvalue weighted by Crippen LogP contribution is 2.26. The standard InChI is InChI=1S/C15H18BrClN2S/c1-3-4-18-15(8-14-9-20-10(2)19-14)11-5-12(16)7-13(17)6-11/h5-7,9,15,18H,3-4,8H2,1-2H3. The Hall–Kier alpha value is -0.420. The summed E-state index contributed by atoms with van der Waals surface area (Å²) in [6.45, 7) is 5.20. The molecule has 2 nitrogen and oxygen atoms in total. The smallest absolute Gasteiger partial charge is 0.0897 e. The molecule has 0 spiro atoms. The largest absolute Gasteiger partial charge is 0.310 e. The van der Waals surface area contributed by atoms with Crippen LogP contribution in [0.4, 0.5) is 0 Å². The van der Waals surface area contributed by atoms with E-state index < -0.39 is 0 Å². The molecule has 1 heterocycles. The van der Waals surface area contributed by atoms with Crippen LogP contribution in [0.15, 0.2) is 28.1 Å². The zero-order valence-corrected chi connectivity index (χ0v) is 14.8. The third-order valence-electron chi connectivity index (χ3n) is 3.01. The number of nitrogens with one attached hydrogen (secondary N) is 1. The summed E-state index contributed by atoms with van der Waals surface area (Å²) in [6, 6.07) is 6.30. The summed E-state index contributed by atoms with van der Waals surface area (Å²) in [7, 11) is 0. The lowest BCUT2D eigenvalue weighted by Crippen LogP contribution is -2.24. The maximum Gasteiger partial charge on any atom is 0.0897 e. The van der Waals surface area contributed by atoms with E-state index in [9.17, 15) is 0 Å². The molecule has 5 heteroatoms. The Balaban J connectivity index is 2.21. The van der Waals surface area contributed by atoms with Crippen molar-refractivity contribution in [3.05, 3.63) is 49.3 Å². The number of thiazole rings is 1. The summed E-state index contributed by atoms with van der Waals surface area (Å²) in [5.41, 5.74) is 2.33. The Bertz CT molecular complexity index is 551. The van der Waals surface area contributed by atoms with E-state index in [-0.39, 0.29) is 6.04 Å². The van der Waals surface area contributed by atoms with Gasteiger partial charge >= 0.3 is 0 Å². The van der Waals surface area contributed by atoms with Crippen molar-refractivity contribution in [2.45, 2.75) is 32.7 Å². The van der Waals surface area contributed by atoms with E-state index in [0.29, 0.717) is 0 Å². The first-order valence-corrected chi connectivity index (χ1v) is 8.74. The Morgan fingerprint density at radius 3 is 2.80 bits per heavy atom. The van der Waals surface area contributed by atoms with Crippen LogP contribution < -0.4 is 5.32 Å². The molecule has 1 aromatic heterocycles. The van der Waals surface area contributed by atoms with Crippen LogP contribution in [0.25, 0.3) is 0 Å². The lowest BCUT2D eigenvalue weighted by Gasteiger charge is -2.19. The van der Waals surface area contributed by atoms with Gasteiger partial charge in [-0.15, -0.1) is 11.3 Å². The van der Waals surface area contributed by atoms with Gasteiger partial charge in [0.2, 0.25) is 0 Å². The third kappa shape index (κ3) is 4.55. The zero-order chi connectivity index (χ0) is 14.5. The molecule has 0 bridgehead atoms. The minimum absolute atomic E-state index is 0.242. The molecular weight excluding hydrogens is 356 g/mol. The summed E-state index contributed by atoms with van der Waals surface area (Å²) in [5, 5.41) is 7.59. The number of benzene rings is 1. The number of nitrogens with zero attached hydrogens (tertiary/aromatic N) is 1. The Morgan fingerprint density at radius 1 is 1.40 bits per heavy atom. The number of hydrogen-bond acceptors (Lipinski definition) is 3. The first kappa shape index (κ1) is 16.0. The Morgan fingerprint density at radius 2 is 2.20 bits per heavy atom. The lowest BCUT2D eigenvalue weighted by molar-refractivity contribution is 0.525. The fourth-order valence-electron chi connectivity index (χ4n) is 2.11. The van der Waals surface area contributed by atoms with Crippen LogP contribution in [0.3, 0.4) is 0 Å². The molecular formula is C15H18BrClN2S. The van der Waals surface area contributed by atoms with E-state index >= 15 is 0 Å². The Labute approximate surface area is 137 Å². The number of aromatic nitrogens is 1. The van der Waals surface area contributed by atoms with Gasteiger partial charge in [0, 0.05) is 27.3 Å². The van der Waals surface area contributed by atoms with E-state index in [1.165, 1.54) is 5.56 Å². The normalized spacial score (nSPS) is 12.6. The van der Waals surface area contributed by atoms with Crippen LogP contribution in [-0.2, 0) is 6.42 Å². The molecule has 0 fully saturated rings. The second-order valence-electron chi connectivity index (χ2n) is 4.77. The SMILES string of the molecule is CCCNC(Cc1csc(C)n1)c1cc(Cl)cc(Br)c1. The molecule has 0 radical (unpaired) electrons. The van der Waals surface area contributed by atoms with E-state index in [1.54, 1.807) is 11.3 Å². The number of rotatable bonds is 6. The molecule has 0 saturated heterocycles. The van der Waals surface area contributed by atoms with Crippen molar-refractivity contribution in [1.29, 1.82) is 0 Å². The predicted octanol–water partition coefficient (Wildman–Crippen LogP) is 5.15. The molecule has 2 aromatic rings. The van der Waals surface area contributed by atoms with Gasteiger partial charge in [-0.2, -0.15) is 0 Å². The van der Waals surface area contributed by atoms with Crippen LogP contribution in [-0.4, -0.2) is 11.5 Å². The maximum atomic E-state index is 6.16. The quantitative estimate of drug-likeness (QED) is 0.757. The van der Waals surface area contributed by atoms with E-state index in [2.05, 4.69) is 44.6 Å². The van der Waals surface area contributed by atoms with Crippen molar-refractivity contribution in [2.24, 2.45) is 0 Å². The summed E-state index contributed by atoms with van der Waals surface area (Å²) in [4.78, 5) is 4.56. The highest BCUT2D eigenvalue weighted by atomic mass is 79.9. The van der Waals surface area contributed by atoms with Crippen molar-refractivity contribution in [3.63, 3.8) is 0 Å². The number of hydrogen-bond donors (Lipinski definition) is 1. The maximum absolute atomic E-state index is 6.16. The van der Waals surface area contributed by atoms with Crippen LogP contribution in [0, 0.1) is 6.92 Å². The molecule has 1 N–H and O–H groups in total. The highest BCUT2D eigenvalue weighted by Gasteiger charge is 2.14. The van der Waals surface area contributed by atoms with Gasteiger partial charge in [-0.1, -0.05) is 34.5 Å². The summed E-state index contributed by atoms with van der Waals surface area (Å²) >= 11 is 11.4. The van der Waals surface area contributed by atoms with Crippen molar-refractivity contribution >= 4 is 38.9 Å². The van der Waals surface area contributed by atoms with Gasteiger partial charge < -0.3 is 5.32 Å². The lowest BCUT2D eigenvalue weighted by atomic mass is 10.0. The van der Waals surface area contributed by atoms with Crippen molar-refractivity contribution in [2.75, 3.05) is 6.54 Å². The summed E-state index contributed by atoms with van der Waals surface area (Å²) < 4.78 is 1.01. The zero-order valence-electron chi connectivity index (χ0n) is 11.6. The molecule has 0 aliphatic carbocycles. The molecule has 20 heavy (non-hydrogen) atoms. The van der Waals surface area contributed by atoms with Gasteiger partial charge in [0.1, 0.15) is 0 Å². The van der Waals surface area contributed by atoms with Crippen LogP contribution in [0.2, 0.25) is 5.02 Å². The molecule has 1 unspecified atom stereocenters. The van der Waals surface area contributed by atoms with Crippen LogP contribution in [0.1, 0.15) is 35.7 Å².